The highest BCUT2D eigenvalue weighted by molar-refractivity contribution is 7.99. The summed E-state index contributed by atoms with van der Waals surface area (Å²) in [5.41, 5.74) is 6.56. The number of carbonyl (C=O) groups is 1. The molecule has 1 atom stereocenters. The van der Waals surface area contributed by atoms with Crippen LogP contribution in [-0.2, 0) is 4.79 Å². The summed E-state index contributed by atoms with van der Waals surface area (Å²) in [5, 5.41) is 8.77. The predicted octanol–water partition coefficient (Wildman–Crippen LogP) is 1.42. The van der Waals surface area contributed by atoms with Gasteiger partial charge in [-0.3, -0.25) is 4.79 Å². The topological polar surface area (TPSA) is 86.2 Å². The fourth-order valence-electron chi connectivity index (χ4n) is 2.45. The largest absolute Gasteiger partial charge is 0.360 e. The monoisotopic (exact) mass is 333 g/mol. The molecule has 23 heavy (non-hydrogen) atoms. The van der Waals surface area contributed by atoms with Crippen molar-refractivity contribution in [3.05, 3.63) is 23.9 Å². The maximum atomic E-state index is 12.1. The van der Waals surface area contributed by atoms with Crippen LogP contribution in [0.3, 0.4) is 0 Å². The molecule has 0 radical (unpaired) electrons. The maximum absolute atomic E-state index is 12.1. The number of aromatic nitrogens is 1. The van der Waals surface area contributed by atoms with Crippen LogP contribution in [0.5, 0.6) is 0 Å². The van der Waals surface area contributed by atoms with Gasteiger partial charge in [0, 0.05) is 32.1 Å². The normalized spacial score (nSPS) is 15.3. The SMILES string of the molecule is CN(CCCCC(N)C(=O)N1CCSC1)c1ccc(C#N)cn1. The van der Waals surface area contributed by atoms with Crippen LogP contribution in [0, 0.1) is 11.3 Å². The molecule has 1 amide bonds. The summed E-state index contributed by atoms with van der Waals surface area (Å²) in [6, 6.07) is 5.29. The lowest BCUT2D eigenvalue weighted by Gasteiger charge is -2.20. The summed E-state index contributed by atoms with van der Waals surface area (Å²) in [6.07, 6.45) is 4.16. The average molecular weight is 333 g/mol. The molecular weight excluding hydrogens is 310 g/mol. The van der Waals surface area contributed by atoms with Gasteiger partial charge in [-0.05, 0) is 31.4 Å². The van der Waals surface area contributed by atoms with E-state index in [0.29, 0.717) is 12.0 Å². The first kappa shape index (κ1) is 17.6. The van der Waals surface area contributed by atoms with Gasteiger partial charge in [-0.2, -0.15) is 5.26 Å². The van der Waals surface area contributed by atoms with E-state index in [4.69, 9.17) is 11.0 Å². The number of pyridine rings is 1. The Morgan fingerprint density at radius 2 is 2.39 bits per heavy atom. The first-order valence-corrected chi connectivity index (χ1v) is 8.96. The lowest BCUT2D eigenvalue weighted by molar-refractivity contribution is -0.131. The first-order valence-electron chi connectivity index (χ1n) is 7.81. The lowest BCUT2D eigenvalue weighted by Crippen LogP contribution is -2.42. The van der Waals surface area contributed by atoms with Crippen LogP contribution in [0.1, 0.15) is 24.8 Å². The van der Waals surface area contributed by atoms with Gasteiger partial charge in [0.05, 0.1) is 17.5 Å². The molecule has 2 heterocycles. The third-order valence-corrected chi connectivity index (χ3v) is 4.87. The molecule has 0 aliphatic carbocycles. The van der Waals surface area contributed by atoms with Gasteiger partial charge in [0.25, 0.3) is 0 Å². The minimum Gasteiger partial charge on any atom is -0.360 e. The van der Waals surface area contributed by atoms with Crippen LogP contribution in [0.15, 0.2) is 18.3 Å². The number of amides is 1. The highest BCUT2D eigenvalue weighted by Crippen LogP contribution is 2.15. The molecule has 1 aliphatic rings. The van der Waals surface area contributed by atoms with Gasteiger partial charge >= 0.3 is 0 Å². The van der Waals surface area contributed by atoms with Crippen molar-refractivity contribution in [3.63, 3.8) is 0 Å². The molecule has 0 spiro atoms. The number of thioether (sulfide) groups is 1. The molecule has 2 rings (SSSR count). The number of hydrogen-bond donors (Lipinski definition) is 1. The third kappa shape index (κ3) is 5.12. The molecule has 6 nitrogen and oxygen atoms in total. The predicted molar refractivity (Wildman–Crippen MR) is 93.1 cm³/mol. The van der Waals surface area contributed by atoms with Crippen molar-refractivity contribution in [2.24, 2.45) is 5.73 Å². The Balaban J connectivity index is 1.67. The van der Waals surface area contributed by atoms with Crippen molar-refractivity contribution in [1.82, 2.24) is 9.88 Å². The molecule has 1 saturated heterocycles. The number of hydrogen-bond acceptors (Lipinski definition) is 6. The summed E-state index contributed by atoms with van der Waals surface area (Å²) >= 11 is 1.78. The van der Waals surface area contributed by atoms with Gasteiger partial charge in [0.1, 0.15) is 11.9 Å². The van der Waals surface area contributed by atoms with E-state index in [1.807, 2.05) is 22.9 Å². The molecule has 1 unspecified atom stereocenters. The van der Waals surface area contributed by atoms with Gasteiger partial charge in [-0.1, -0.05) is 0 Å². The summed E-state index contributed by atoms with van der Waals surface area (Å²) in [7, 11) is 1.97. The van der Waals surface area contributed by atoms with E-state index in [1.165, 1.54) is 0 Å². The van der Waals surface area contributed by atoms with Crippen molar-refractivity contribution < 1.29 is 4.79 Å². The minimum absolute atomic E-state index is 0.0807. The zero-order valence-corrected chi connectivity index (χ0v) is 14.3. The van der Waals surface area contributed by atoms with Crippen LogP contribution in [0.2, 0.25) is 0 Å². The van der Waals surface area contributed by atoms with Crippen LogP contribution in [-0.4, -0.2) is 53.6 Å². The van der Waals surface area contributed by atoms with Crippen LogP contribution >= 0.6 is 11.8 Å². The molecule has 0 aromatic carbocycles. The van der Waals surface area contributed by atoms with E-state index >= 15 is 0 Å². The Morgan fingerprint density at radius 1 is 1.57 bits per heavy atom. The quantitative estimate of drug-likeness (QED) is 0.760. The fraction of sp³-hybridized carbons (Fsp3) is 0.562. The number of nitriles is 1. The fourth-order valence-corrected chi connectivity index (χ4v) is 3.41. The van der Waals surface area contributed by atoms with Crippen molar-refractivity contribution in [3.8, 4) is 6.07 Å². The van der Waals surface area contributed by atoms with E-state index in [-0.39, 0.29) is 11.9 Å². The molecule has 1 aliphatic heterocycles. The molecule has 0 bridgehead atoms. The number of carbonyl (C=O) groups excluding carboxylic acids is 1. The van der Waals surface area contributed by atoms with Crippen molar-refractivity contribution in [2.75, 3.05) is 36.7 Å². The summed E-state index contributed by atoms with van der Waals surface area (Å²) in [4.78, 5) is 20.3. The molecule has 1 aromatic rings. The zero-order chi connectivity index (χ0) is 16.7. The average Bonchev–Trinajstić information content (AvgIpc) is 3.12. The summed E-state index contributed by atoms with van der Waals surface area (Å²) in [5.74, 6) is 2.72. The van der Waals surface area contributed by atoms with E-state index < -0.39 is 0 Å². The zero-order valence-electron chi connectivity index (χ0n) is 13.4. The summed E-state index contributed by atoms with van der Waals surface area (Å²) < 4.78 is 0. The van der Waals surface area contributed by atoms with E-state index in [9.17, 15) is 4.79 Å². The number of unbranched alkanes of at least 4 members (excludes halogenated alkanes) is 1. The molecule has 1 aromatic heterocycles. The molecule has 1 fully saturated rings. The minimum atomic E-state index is -0.382. The van der Waals surface area contributed by atoms with Gasteiger partial charge in [0.2, 0.25) is 5.91 Å². The number of rotatable bonds is 7. The lowest BCUT2D eigenvalue weighted by atomic mass is 10.1. The Hall–Kier alpha value is -1.78. The molecular formula is C16H23N5OS. The van der Waals surface area contributed by atoms with Gasteiger partial charge in [0.15, 0.2) is 0 Å². The van der Waals surface area contributed by atoms with E-state index in [2.05, 4.69) is 11.1 Å². The second-order valence-corrected chi connectivity index (χ2v) is 6.75. The molecule has 0 saturated carbocycles. The second kappa shape index (κ2) is 8.75. The Kier molecular flexibility index (Phi) is 6.68. The molecule has 7 heteroatoms. The maximum Gasteiger partial charge on any atom is 0.240 e. The van der Waals surface area contributed by atoms with Gasteiger partial charge in [-0.15, -0.1) is 11.8 Å². The Bertz CT molecular complexity index is 551. The molecule has 124 valence electrons. The summed E-state index contributed by atoms with van der Waals surface area (Å²) in [6.45, 7) is 1.67. The Labute approximate surface area is 141 Å². The number of anilines is 1. The van der Waals surface area contributed by atoms with Crippen LogP contribution < -0.4 is 10.6 Å². The second-order valence-electron chi connectivity index (χ2n) is 5.68. The highest BCUT2D eigenvalue weighted by atomic mass is 32.2. The van der Waals surface area contributed by atoms with Crippen molar-refractivity contribution in [1.29, 1.82) is 5.26 Å². The van der Waals surface area contributed by atoms with Gasteiger partial charge in [-0.25, -0.2) is 4.98 Å². The standard InChI is InChI=1S/C16H23N5OS/c1-20(15-6-5-13(10-17)11-19-15)7-3-2-4-14(18)16(22)21-8-9-23-12-21/h5-6,11,14H,2-4,7-9,12,18H2,1H3. The number of nitrogens with zero attached hydrogens (tertiary/aromatic N) is 4. The van der Waals surface area contributed by atoms with E-state index in [1.54, 1.807) is 24.0 Å². The van der Waals surface area contributed by atoms with Crippen molar-refractivity contribution >= 4 is 23.5 Å². The molecule has 2 N–H and O–H groups in total. The smallest absolute Gasteiger partial charge is 0.240 e. The number of nitrogens with two attached hydrogens (primary N) is 1. The Morgan fingerprint density at radius 3 is 3.00 bits per heavy atom. The van der Waals surface area contributed by atoms with Crippen molar-refractivity contribution in [2.45, 2.75) is 25.3 Å². The highest BCUT2D eigenvalue weighted by Gasteiger charge is 2.23. The van der Waals surface area contributed by atoms with Crippen LogP contribution in [0.25, 0.3) is 0 Å². The van der Waals surface area contributed by atoms with Crippen LogP contribution in [0.4, 0.5) is 5.82 Å². The van der Waals surface area contributed by atoms with E-state index in [0.717, 1.165) is 43.4 Å². The third-order valence-electron chi connectivity index (χ3n) is 3.91. The van der Waals surface area contributed by atoms with Gasteiger partial charge < -0.3 is 15.5 Å². The first-order chi connectivity index (χ1) is 11.1.